The van der Waals surface area contributed by atoms with Crippen molar-refractivity contribution in [2.45, 2.75) is 6.54 Å². The van der Waals surface area contributed by atoms with E-state index in [0.29, 0.717) is 23.7 Å². The molecule has 6 nitrogen and oxygen atoms in total. The summed E-state index contributed by atoms with van der Waals surface area (Å²) >= 11 is 0. The molecule has 0 unspecified atom stereocenters. The van der Waals surface area contributed by atoms with Crippen LogP contribution in [0.3, 0.4) is 0 Å². The van der Waals surface area contributed by atoms with Gasteiger partial charge in [-0.25, -0.2) is 0 Å². The highest BCUT2D eigenvalue weighted by Crippen LogP contribution is 2.14. The topological polar surface area (TPSA) is 82.8 Å². The monoisotopic (exact) mass is 179 g/mol. The third-order valence-corrected chi connectivity index (χ3v) is 1.63. The summed E-state index contributed by atoms with van der Waals surface area (Å²) in [7, 11) is 1.79. The van der Waals surface area contributed by atoms with Gasteiger partial charge in [0.15, 0.2) is 5.76 Å². The molecule has 2 heterocycles. The summed E-state index contributed by atoms with van der Waals surface area (Å²) in [5.41, 5.74) is 6.72. The van der Waals surface area contributed by atoms with E-state index >= 15 is 0 Å². The fourth-order valence-corrected chi connectivity index (χ4v) is 0.995. The number of hydrogen-bond donors (Lipinski definition) is 1. The van der Waals surface area contributed by atoms with Gasteiger partial charge in [0.05, 0.1) is 12.7 Å². The largest absolute Gasteiger partial charge is 0.359 e. The van der Waals surface area contributed by atoms with Gasteiger partial charge in [-0.3, -0.25) is 4.68 Å². The molecule has 0 spiro atoms. The molecule has 2 aromatic heterocycles. The standard InChI is InChI=1S/C7H9N5O/c1-12-4-7(9-11-12)6-2-5(3-8)13-10-6/h2,4H,3,8H2,1H3. The van der Waals surface area contributed by atoms with E-state index in [1.54, 1.807) is 24.0 Å². The quantitative estimate of drug-likeness (QED) is 0.697. The van der Waals surface area contributed by atoms with Crippen LogP contribution in [-0.2, 0) is 13.6 Å². The average Bonchev–Trinajstić information content (AvgIpc) is 2.71. The number of aromatic nitrogens is 4. The van der Waals surface area contributed by atoms with Crippen molar-refractivity contribution in [3.63, 3.8) is 0 Å². The van der Waals surface area contributed by atoms with Crippen LogP contribution in [-0.4, -0.2) is 20.2 Å². The molecule has 0 bridgehead atoms. The van der Waals surface area contributed by atoms with E-state index in [2.05, 4.69) is 15.5 Å². The van der Waals surface area contributed by atoms with Crippen molar-refractivity contribution in [3.05, 3.63) is 18.0 Å². The van der Waals surface area contributed by atoms with Crippen LogP contribution in [0.2, 0.25) is 0 Å². The third kappa shape index (κ3) is 1.43. The molecule has 0 saturated heterocycles. The molecule has 0 aromatic carbocycles. The summed E-state index contributed by atoms with van der Waals surface area (Å²) in [6, 6.07) is 1.75. The van der Waals surface area contributed by atoms with E-state index < -0.39 is 0 Å². The van der Waals surface area contributed by atoms with Crippen LogP contribution in [0.4, 0.5) is 0 Å². The van der Waals surface area contributed by atoms with Crippen molar-refractivity contribution in [2.24, 2.45) is 12.8 Å². The van der Waals surface area contributed by atoms with E-state index in [1.165, 1.54) is 0 Å². The lowest BCUT2D eigenvalue weighted by molar-refractivity contribution is 0.387. The lowest BCUT2D eigenvalue weighted by Crippen LogP contribution is -1.92. The van der Waals surface area contributed by atoms with Gasteiger partial charge in [0.1, 0.15) is 11.4 Å². The predicted octanol–water partition coefficient (Wildman–Crippen LogP) is -0.0712. The lowest BCUT2D eigenvalue weighted by Gasteiger charge is -1.81. The first-order valence-electron chi connectivity index (χ1n) is 3.82. The van der Waals surface area contributed by atoms with Gasteiger partial charge < -0.3 is 10.3 Å². The predicted molar refractivity (Wildman–Crippen MR) is 44.4 cm³/mol. The fraction of sp³-hybridized carbons (Fsp3) is 0.286. The van der Waals surface area contributed by atoms with Crippen LogP contribution < -0.4 is 5.73 Å². The van der Waals surface area contributed by atoms with Crippen molar-refractivity contribution < 1.29 is 4.52 Å². The van der Waals surface area contributed by atoms with E-state index in [0.717, 1.165) is 0 Å². The minimum atomic E-state index is 0.341. The van der Waals surface area contributed by atoms with Gasteiger partial charge in [-0.15, -0.1) is 5.10 Å². The fourth-order valence-electron chi connectivity index (χ4n) is 0.995. The molecule has 2 N–H and O–H groups in total. The van der Waals surface area contributed by atoms with Crippen molar-refractivity contribution >= 4 is 0 Å². The van der Waals surface area contributed by atoms with Crippen LogP contribution in [0.5, 0.6) is 0 Å². The average molecular weight is 179 g/mol. The summed E-state index contributed by atoms with van der Waals surface area (Å²) < 4.78 is 6.53. The Morgan fingerprint density at radius 1 is 1.54 bits per heavy atom. The highest BCUT2D eigenvalue weighted by molar-refractivity contribution is 5.51. The van der Waals surface area contributed by atoms with Crippen LogP contribution in [0, 0.1) is 0 Å². The summed E-state index contributed by atoms with van der Waals surface area (Å²) in [4.78, 5) is 0. The molecule has 2 aromatic rings. The number of nitrogens with zero attached hydrogens (tertiary/aromatic N) is 4. The van der Waals surface area contributed by atoms with E-state index in [9.17, 15) is 0 Å². The summed E-state index contributed by atoms with van der Waals surface area (Å²) in [5.74, 6) is 0.639. The molecule has 0 aliphatic heterocycles. The summed E-state index contributed by atoms with van der Waals surface area (Å²) in [5, 5.41) is 11.5. The molecule has 13 heavy (non-hydrogen) atoms. The van der Waals surface area contributed by atoms with Gasteiger partial charge in [0.2, 0.25) is 0 Å². The van der Waals surface area contributed by atoms with E-state index in [4.69, 9.17) is 10.3 Å². The molecular formula is C7H9N5O. The SMILES string of the molecule is Cn1cc(-c2cc(CN)on2)nn1. The Morgan fingerprint density at radius 3 is 2.92 bits per heavy atom. The Kier molecular flexibility index (Phi) is 1.82. The van der Waals surface area contributed by atoms with Crippen LogP contribution in [0.15, 0.2) is 16.8 Å². The highest BCUT2D eigenvalue weighted by atomic mass is 16.5. The molecule has 0 amide bonds. The maximum absolute atomic E-state index is 5.37. The first kappa shape index (κ1) is 7.93. The molecule has 0 aliphatic carbocycles. The lowest BCUT2D eigenvalue weighted by atomic mass is 10.3. The molecule has 0 atom stereocenters. The van der Waals surface area contributed by atoms with E-state index in [1.807, 2.05) is 0 Å². The van der Waals surface area contributed by atoms with Gasteiger partial charge in [0, 0.05) is 13.1 Å². The first-order chi connectivity index (χ1) is 6.29. The van der Waals surface area contributed by atoms with Gasteiger partial charge in [-0.1, -0.05) is 10.4 Å². The highest BCUT2D eigenvalue weighted by Gasteiger charge is 2.07. The zero-order valence-electron chi connectivity index (χ0n) is 7.14. The molecule has 0 aliphatic rings. The Morgan fingerprint density at radius 2 is 2.38 bits per heavy atom. The molecule has 6 heteroatoms. The summed E-state index contributed by atoms with van der Waals surface area (Å²) in [6.45, 7) is 0.341. The zero-order valence-corrected chi connectivity index (χ0v) is 7.14. The van der Waals surface area contributed by atoms with Gasteiger partial charge >= 0.3 is 0 Å². The Balaban J connectivity index is 2.35. The number of rotatable bonds is 2. The van der Waals surface area contributed by atoms with Crippen LogP contribution in [0.1, 0.15) is 5.76 Å². The molecule has 0 fully saturated rings. The number of hydrogen-bond acceptors (Lipinski definition) is 5. The summed E-state index contributed by atoms with van der Waals surface area (Å²) in [6.07, 6.45) is 1.76. The zero-order chi connectivity index (χ0) is 9.26. The second-order valence-corrected chi connectivity index (χ2v) is 2.66. The molecule has 68 valence electrons. The van der Waals surface area contributed by atoms with Gasteiger partial charge in [-0.05, 0) is 0 Å². The number of aryl methyl sites for hydroxylation is 1. The number of nitrogens with two attached hydrogens (primary N) is 1. The van der Waals surface area contributed by atoms with Crippen molar-refractivity contribution in [2.75, 3.05) is 0 Å². The first-order valence-corrected chi connectivity index (χ1v) is 3.82. The molecule has 0 radical (unpaired) electrons. The Labute approximate surface area is 74.3 Å². The van der Waals surface area contributed by atoms with Crippen molar-refractivity contribution in [1.82, 2.24) is 20.2 Å². The van der Waals surface area contributed by atoms with Gasteiger partial charge in [-0.2, -0.15) is 0 Å². The Hall–Kier alpha value is -1.69. The minimum Gasteiger partial charge on any atom is -0.359 e. The second-order valence-electron chi connectivity index (χ2n) is 2.66. The van der Waals surface area contributed by atoms with Crippen molar-refractivity contribution in [1.29, 1.82) is 0 Å². The maximum Gasteiger partial charge on any atom is 0.150 e. The molecule has 2 rings (SSSR count). The molecular weight excluding hydrogens is 170 g/mol. The molecule has 0 saturated carbocycles. The van der Waals surface area contributed by atoms with Gasteiger partial charge in [0.25, 0.3) is 0 Å². The second kappa shape index (κ2) is 2.98. The normalized spacial score (nSPS) is 10.6. The Bertz CT molecular complexity index is 404. The smallest absolute Gasteiger partial charge is 0.150 e. The van der Waals surface area contributed by atoms with Crippen molar-refractivity contribution in [3.8, 4) is 11.4 Å². The van der Waals surface area contributed by atoms with Crippen LogP contribution >= 0.6 is 0 Å². The minimum absolute atomic E-state index is 0.341. The maximum atomic E-state index is 5.37. The third-order valence-electron chi connectivity index (χ3n) is 1.63. The van der Waals surface area contributed by atoms with E-state index in [-0.39, 0.29) is 0 Å². The van der Waals surface area contributed by atoms with Crippen LogP contribution in [0.25, 0.3) is 11.4 Å².